The molecule has 4 rings (SSSR count). The van der Waals surface area contributed by atoms with Gasteiger partial charge >= 0.3 is 17.9 Å². The van der Waals surface area contributed by atoms with Gasteiger partial charge in [-0.1, -0.05) is 31.2 Å². The molecule has 3 heterocycles. The van der Waals surface area contributed by atoms with E-state index in [0.29, 0.717) is 12.0 Å². The minimum Gasteiger partial charge on any atom is -0.459 e. The quantitative estimate of drug-likeness (QED) is 0.277. The summed E-state index contributed by atoms with van der Waals surface area (Å²) in [5, 5.41) is 10.4. The van der Waals surface area contributed by atoms with Gasteiger partial charge in [0.1, 0.15) is 11.7 Å². The van der Waals surface area contributed by atoms with Crippen LogP contribution in [-0.4, -0.2) is 64.0 Å². The molecule has 1 aliphatic carbocycles. The van der Waals surface area contributed by atoms with Crippen molar-refractivity contribution in [3.63, 3.8) is 0 Å². The van der Waals surface area contributed by atoms with E-state index in [0.717, 1.165) is 0 Å². The summed E-state index contributed by atoms with van der Waals surface area (Å²) in [7, 11) is 0. The molecule has 0 aromatic heterocycles. The molecule has 1 unspecified atom stereocenters. The molecule has 0 saturated carbocycles. The number of carbonyl (C=O) groups is 3. The second-order valence-electron chi connectivity index (χ2n) is 10.2. The van der Waals surface area contributed by atoms with Crippen LogP contribution in [0.5, 0.6) is 0 Å². The van der Waals surface area contributed by atoms with E-state index in [1.165, 1.54) is 13.8 Å². The van der Waals surface area contributed by atoms with Gasteiger partial charge in [-0.3, -0.25) is 14.4 Å². The van der Waals surface area contributed by atoms with Crippen LogP contribution in [0.2, 0.25) is 0 Å². The van der Waals surface area contributed by atoms with Crippen molar-refractivity contribution in [1.82, 2.24) is 0 Å². The number of halogens is 1. The number of alkyl halides is 1. The Morgan fingerprint density at radius 1 is 1.24 bits per heavy atom. The first-order valence-corrected chi connectivity index (χ1v) is 11.6. The summed E-state index contributed by atoms with van der Waals surface area (Å²) in [6, 6.07) is 0. The van der Waals surface area contributed by atoms with E-state index in [2.05, 4.69) is 6.58 Å². The second kappa shape index (κ2) is 7.82. The number of ether oxygens (including phenoxy) is 4. The predicted molar refractivity (Wildman–Crippen MR) is 117 cm³/mol. The highest BCUT2D eigenvalue weighted by Crippen LogP contribution is 2.62. The molecule has 10 atom stereocenters. The van der Waals surface area contributed by atoms with Gasteiger partial charge in [-0.05, 0) is 20.3 Å². The van der Waals surface area contributed by atoms with E-state index in [1.807, 2.05) is 19.1 Å². The van der Waals surface area contributed by atoms with E-state index >= 15 is 0 Å². The number of hydrogen-bond donors (Lipinski definition) is 1. The Balaban J connectivity index is 2.02. The molecule has 3 fully saturated rings. The minimum atomic E-state index is -1.51. The lowest BCUT2D eigenvalue weighted by molar-refractivity contribution is -0.322. The van der Waals surface area contributed by atoms with Crippen LogP contribution in [-0.2, 0) is 33.3 Å². The van der Waals surface area contributed by atoms with Crippen LogP contribution in [0.15, 0.2) is 24.3 Å². The van der Waals surface area contributed by atoms with Crippen molar-refractivity contribution in [2.45, 2.75) is 88.5 Å². The fourth-order valence-corrected chi connectivity index (χ4v) is 6.95. The van der Waals surface area contributed by atoms with Gasteiger partial charge in [-0.15, -0.1) is 11.6 Å². The Morgan fingerprint density at radius 2 is 1.91 bits per heavy atom. The van der Waals surface area contributed by atoms with Crippen LogP contribution < -0.4 is 0 Å². The highest BCUT2D eigenvalue weighted by molar-refractivity contribution is 6.23. The molecule has 4 aliphatic rings. The maximum Gasteiger partial charge on any atom is 0.312 e. The molecule has 8 nitrogen and oxygen atoms in total. The summed E-state index contributed by atoms with van der Waals surface area (Å²) in [5.41, 5.74) is -3.04. The molecule has 0 aromatic carbocycles. The van der Waals surface area contributed by atoms with Crippen molar-refractivity contribution in [2.24, 2.45) is 17.3 Å². The van der Waals surface area contributed by atoms with Gasteiger partial charge in [0.2, 0.25) is 0 Å². The lowest BCUT2D eigenvalue weighted by atomic mass is 9.52. The summed E-state index contributed by atoms with van der Waals surface area (Å²) in [5.74, 6) is -3.16. The summed E-state index contributed by atoms with van der Waals surface area (Å²) >= 11 is 6.74. The lowest BCUT2D eigenvalue weighted by Crippen LogP contribution is -2.76. The molecule has 2 bridgehead atoms. The molecule has 182 valence electrons. The molecule has 33 heavy (non-hydrogen) atoms. The Hall–Kier alpha value is -1.90. The third-order valence-corrected chi connectivity index (χ3v) is 8.42. The lowest BCUT2D eigenvalue weighted by Gasteiger charge is -2.63. The van der Waals surface area contributed by atoms with Crippen molar-refractivity contribution in [3.05, 3.63) is 24.3 Å². The number of esters is 3. The predicted octanol–water partition coefficient (Wildman–Crippen LogP) is 2.45. The van der Waals surface area contributed by atoms with Gasteiger partial charge in [-0.25, -0.2) is 0 Å². The maximum absolute atomic E-state index is 12.9. The number of rotatable bonds is 2. The molecule has 3 aliphatic heterocycles. The number of fused-ring (bicyclic) bond motifs is 3. The molecule has 0 aromatic rings. The first-order valence-electron chi connectivity index (χ1n) is 11.2. The van der Waals surface area contributed by atoms with Gasteiger partial charge in [0.25, 0.3) is 0 Å². The average Bonchev–Trinajstić information content (AvgIpc) is 2.93. The van der Waals surface area contributed by atoms with E-state index in [1.54, 1.807) is 13.8 Å². The number of aliphatic hydroxyl groups is 1. The average molecular weight is 483 g/mol. The summed E-state index contributed by atoms with van der Waals surface area (Å²) in [6.45, 7) is 11.9. The largest absolute Gasteiger partial charge is 0.459 e. The zero-order valence-corrected chi connectivity index (χ0v) is 20.3. The Morgan fingerprint density at radius 3 is 2.52 bits per heavy atom. The third kappa shape index (κ3) is 3.36. The molecule has 3 saturated heterocycles. The van der Waals surface area contributed by atoms with Gasteiger partial charge < -0.3 is 24.1 Å². The standard InChI is InChI=1S/C24H31ClO8/c1-11-10-15(28)18-22(5)8-7-9-23(6,32-14(4)27)17(22)20(30-13(3)26)24(33-18)12(2)21(29)31-19(24)16(11)25/h7-8,12,15-20,28H,1,9-10H2,2-6H3/t12-,15+,16-,17+,18+,19-,20-,22-,23+,24?/m0/s1. The van der Waals surface area contributed by atoms with Crippen LogP contribution in [0.1, 0.15) is 47.5 Å². The monoisotopic (exact) mass is 482 g/mol. The number of aliphatic hydroxyl groups excluding tert-OH is 1. The van der Waals surface area contributed by atoms with Crippen LogP contribution in [0.25, 0.3) is 0 Å². The zero-order chi connectivity index (χ0) is 24.5. The van der Waals surface area contributed by atoms with Crippen LogP contribution >= 0.6 is 11.6 Å². The Labute approximate surface area is 198 Å². The van der Waals surface area contributed by atoms with E-state index in [-0.39, 0.29) is 6.42 Å². The summed E-state index contributed by atoms with van der Waals surface area (Å²) in [6.07, 6.45) is 0.371. The third-order valence-electron chi connectivity index (χ3n) is 7.88. The molecular formula is C24H31ClO8. The van der Waals surface area contributed by atoms with Crippen molar-refractivity contribution in [1.29, 1.82) is 0 Å². The zero-order valence-electron chi connectivity index (χ0n) is 19.5. The number of hydrogen-bond acceptors (Lipinski definition) is 8. The molecule has 0 amide bonds. The highest BCUT2D eigenvalue weighted by Gasteiger charge is 2.76. The van der Waals surface area contributed by atoms with Crippen molar-refractivity contribution >= 4 is 29.5 Å². The van der Waals surface area contributed by atoms with Crippen LogP contribution in [0.3, 0.4) is 0 Å². The van der Waals surface area contributed by atoms with Crippen molar-refractivity contribution < 1.29 is 38.4 Å². The van der Waals surface area contributed by atoms with Gasteiger partial charge in [-0.2, -0.15) is 0 Å². The Kier molecular flexibility index (Phi) is 5.74. The first-order chi connectivity index (χ1) is 15.3. The maximum atomic E-state index is 12.9. The highest BCUT2D eigenvalue weighted by atomic mass is 35.5. The smallest absolute Gasteiger partial charge is 0.312 e. The van der Waals surface area contributed by atoms with Gasteiger partial charge in [0, 0.05) is 25.7 Å². The second-order valence-corrected chi connectivity index (χ2v) is 10.7. The Bertz CT molecular complexity index is 931. The normalized spacial score (nSPS) is 48.6. The van der Waals surface area contributed by atoms with Crippen LogP contribution in [0.4, 0.5) is 0 Å². The van der Waals surface area contributed by atoms with E-state index in [4.69, 9.17) is 30.5 Å². The van der Waals surface area contributed by atoms with Gasteiger partial charge in [0.05, 0.1) is 29.4 Å². The fourth-order valence-electron chi connectivity index (χ4n) is 6.61. The molecule has 0 radical (unpaired) electrons. The minimum absolute atomic E-state index is 0.135. The molecule has 1 spiro atoms. The summed E-state index contributed by atoms with van der Waals surface area (Å²) < 4.78 is 24.2. The fraction of sp³-hybridized carbons (Fsp3) is 0.708. The van der Waals surface area contributed by atoms with E-state index < -0.39 is 76.2 Å². The summed E-state index contributed by atoms with van der Waals surface area (Å²) in [4.78, 5) is 37.5. The molecule has 1 N–H and O–H groups in total. The SMILES string of the molecule is C=C1C[C@@H](O)[C@H]2OC3([C@@H](C)C(=O)O[C@H]3[C@H]1Cl)[C@@H](OC(C)=O)[C@@H]1[C@]2(C)C=CC[C@@]1(C)OC(C)=O. The molecular weight excluding hydrogens is 452 g/mol. The van der Waals surface area contributed by atoms with Crippen LogP contribution in [0, 0.1) is 17.3 Å². The first kappa shape index (κ1) is 24.2. The van der Waals surface area contributed by atoms with Crippen molar-refractivity contribution in [3.8, 4) is 0 Å². The number of carbonyl (C=O) groups excluding carboxylic acids is 3. The topological polar surface area (TPSA) is 108 Å². The van der Waals surface area contributed by atoms with Crippen molar-refractivity contribution in [2.75, 3.05) is 0 Å². The van der Waals surface area contributed by atoms with Gasteiger partial charge in [0.15, 0.2) is 11.7 Å². The molecule has 9 heteroatoms. The van der Waals surface area contributed by atoms with E-state index in [9.17, 15) is 19.5 Å².